The van der Waals surface area contributed by atoms with E-state index < -0.39 is 0 Å². The number of nitrogens with two attached hydrogens (primary N) is 1. The van der Waals surface area contributed by atoms with Crippen LogP contribution in [-0.2, 0) is 0 Å². The van der Waals surface area contributed by atoms with E-state index in [1.165, 1.54) is 0 Å². The standard InChI is InChI=1S/C12H9N3O/c13-12-7-11(15-16-12)10-6-5-8-3-1-2-4-9(8)14-10/h1-7H,13H2. The molecule has 0 spiro atoms. The summed E-state index contributed by atoms with van der Waals surface area (Å²) in [4.78, 5) is 4.48. The highest BCUT2D eigenvalue weighted by Gasteiger charge is 2.06. The van der Waals surface area contributed by atoms with Crippen molar-refractivity contribution in [3.63, 3.8) is 0 Å². The van der Waals surface area contributed by atoms with Crippen LogP contribution in [0, 0.1) is 0 Å². The first-order valence-corrected chi connectivity index (χ1v) is 4.91. The Balaban J connectivity index is 2.18. The quantitative estimate of drug-likeness (QED) is 0.671. The maximum Gasteiger partial charge on any atom is 0.222 e. The van der Waals surface area contributed by atoms with Gasteiger partial charge in [-0.3, -0.25) is 0 Å². The van der Waals surface area contributed by atoms with Gasteiger partial charge in [-0.1, -0.05) is 29.4 Å². The van der Waals surface area contributed by atoms with Crippen LogP contribution in [0.25, 0.3) is 22.3 Å². The largest absolute Gasteiger partial charge is 0.368 e. The summed E-state index contributed by atoms with van der Waals surface area (Å²) in [5.41, 5.74) is 7.82. The zero-order valence-electron chi connectivity index (χ0n) is 8.42. The minimum Gasteiger partial charge on any atom is -0.368 e. The molecule has 2 heterocycles. The van der Waals surface area contributed by atoms with Gasteiger partial charge in [-0.05, 0) is 12.1 Å². The third-order valence-electron chi connectivity index (χ3n) is 2.39. The maximum atomic E-state index is 5.47. The van der Waals surface area contributed by atoms with Gasteiger partial charge < -0.3 is 10.3 Å². The second-order valence-corrected chi connectivity index (χ2v) is 3.50. The average molecular weight is 211 g/mol. The van der Waals surface area contributed by atoms with Crippen LogP contribution in [0.4, 0.5) is 5.88 Å². The van der Waals surface area contributed by atoms with Gasteiger partial charge in [-0.15, -0.1) is 0 Å². The van der Waals surface area contributed by atoms with Gasteiger partial charge in [-0.25, -0.2) is 4.98 Å². The summed E-state index contributed by atoms with van der Waals surface area (Å²) in [6, 6.07) is 13.5. The molecule has 0 atom stereocenters. The summed E-state index contributed by atoms with van der Waals surface area (Å²) in [5, 5.41) is 4.93. The van der Waals surface area contributed by atoms with Crippen LogP contribution in [0.1, 0.15) is 0 Å². The number of aromatic nitrogens is 2. The lowest BCUT2D eigenvalue weighted by Gasteiger charge is -1.98. The van der Waals surface area contributed by atoms with Crippen molar-refractivity contribution in [3.05, 3.63) is 42.5 Å². The monoisotopic (exact) mass is 211 g/mol. The van der Waals surface area contributed by atoms with E-state index >= 15 is 0 Å². The maximum absolute atomic E-state index is 5.47. The predicted molar refractivity (Wildman–Crippen MR) is 61.7 cm³/mol. The summed E-state index contributed by atoms with van der Waals surface area (Å²) < 4.78 is 4.82. The Morgan fingerprint density at radius 2 is 1.88 bits per heavy atom. The number of hydrogen-bond donors (Lipinski definition) is 1. The molecule has 0 amide bonds. The van der Waals surface area contributed by atoms with E-state index in [9.17, 15) is 0 Å². The molecule has 2 aromatic heterocycles. The summed E-state index contributed by atoms with van der Waals surface area (Å²) in [6.45, 7) is 0. The summed E-state index contributed by atoms with van der Waals surface area (Å²) in [6.07, 6.45) is 0. The van der Waals surface area contributed by atoms with Crippen LogP contribution < -0.4 is 5.73 Å². The van der Waals surface area contributed by atoms with Crippen molar-refractivity contribution in [1.29, 1.82) is 0 Å². The number of hydrogen-bond acceptors (Lipinski definition) is 4. The summed E-state index contributed by atoms with van der Waals surface area (Å²) >= 11 is 0. The normalized spacial score (nSPS) is 10.8. The molecule has 0 saturated carbocycles. The molecule has 4 heteroatoms. The molecular formula is C12H9N3O. The highest BCUT2D eigenvalue weighted by atomic mass is 16.5. The lowest BCUT2D eigenvalue weighted by atomic mass is 10.2. The Labute approximate surface area is 91.7 Å². The molecule has 78 valence electrons. The smallest absolute Gasteiger partial charge is 0.222 e. The van der Waals surface area contributed by atoms with Crippen molar-refractivity contribution in [1.82, 2.24) is 10.1 Å². The van der Waals surface area contributed by atoms with E-state index in [4.69, 9.17) is 10.3 Å². The minimum absolute atomic E-state index is 0.296. The average Bonchev–Trinajstić information content (AvgIpc) is 2.75. The topological polar surface area (TPSA) is 64.9 Å². The fourth-order valence-corrected chi connectivity index (χ4v) is 1.62. The zero-order valence-corrected chi connectivity index (χ0v) is 8.42. The van der Waals surface area contributed by atoms with E-state index in [1.54, 1.807) is 6.07 Å². The third-order valence-corrected chi connectivity index (χ3v) is 2.39. The molecular weight excluding hydrogens is 202 g/mol. The molecule has 3 rings (SSSR count). The lowest BCUT2D eigenvalue weighted by Crippen LogP contribution is -1.84. The molecule has 0 saturated heterocycles. The Morgan fingerprint density at radius 3 is 2.69 bits per heavy atom. The second kappa shape index (κ2) is 3.34. The number of benzene rings is 1. The zero-order chi connectivity index (χ0) is 11.0. The Kier molecular flexibility index (Phi) is 1.86. The van der Waals surface area contributed by atoms with E-state index in [2.05, 4.69) is 10.1 Å². The molecule has 4 nitrogen and oxygen atoms in total. The SMILES string of the molecule is Nc1cc(-c2ccc3ccccc3n2)no1. The molecule has 0 bridgehead atoms. The van der Waals surface area contributed by atoms with Crippen LogP contribution in [0.15, 0.2) is 47.0 Å². The van der Waals surface area contributed by atoms with E-state index in [0.29, 0.717) is 11.6 Å². The highest BCUT2D eigenvalue weighted by molar-refractivity contribution is 5.81. The highest BCUT2D eigenvalue weighted by Crippen LogP contribution is 2.21. The van der Waals surface area contributed by atoms with Gasteiger partial charge in [-0.2, -0.15) is 0 Å². The number of nitrogens with zero attached hydrogens (tertiary/aromatic N) is 2. The molecule has 3 aromatic rings. The lowest BCUT2D eigenvalue weighted by molar-refractivity contribution is 0.439. The van der Waals surface area contributed by atoms with Gasteiger partial charge in [0, 0.05) is 11.5 Å². The Bertz CT molecular complexity index is 645. The number of pyridine rings is 1. The van der Waals surface area contributed by atoms with Gasteiger partial charge in [0.05, 0.1) is 11.2 Å². The molecule has 0 unspecified atom stereocenters. The fraction of sp³-hybridized carbons (Fsp3) is 0. The van der Waals surface area contributed by atoms with E-state index in [0.717, 1.165) is 16.6 Å². The van der Waals surface area contributed by atoms with Crippen molar-refractivity contribution < 1.29 is 4.52 Å². The summed E-state index contributed by atoms with van der Waals surface area (Å²) in [7, 11) is 0. The molecule has 0 radical (unpaired) electrons. The van der Waals surface area contributed by atoms with Crippen molar-refractivity contribution >= 4 is 16.8 Å². The molecule has 1 aromatic carbocycles. The van der Waals surface area contributed by atoms with E-state index in [-0.39, 0.29) is 0 Å². The predicted octanol–water partition coefficient (Wildman–Crippen LogP) is 2.47. The number of anilines is 1. The van der Waals surface area contributed by atoms with Gasteiger partial charge in [0.15, 0.2) is 0 Å². The van der Waals surface area contributed by atoms with Crippen LogP contribution in [0.3, 0.4) is 0 Å². The molecule has 0 fully saturated rings. The minimum atomic E-state index is 0.296. The van der Waals surface area contributed by atoms with Gasteiger partial charge >= 0.3 is 0 Å². The van der Waals surface area contributed by atoms with Crippen molar-refractivity contribution in [2.75, 3.05) is 5.73 Å². The second-order valence-electron chi connectivity index (χ2n) is 3.50. The number of fused-ring (bicyclic) bond motifs is 1. The van der Waals surface area contributed by atoms with Crippen molar-refractivity contribution in [3.8, 4) is 11.4 Å². The van der Waals surface area contributed by atoms with Crippen LogP contribution in [-0.4, -0.2) is 10.1 Å². The first-order chi connectivity index (χ1) is 7.83. The molecule has 0 aliphatic rings. The van der Waals surface area contributed by atoms with Crippen molar-refractivity contribution in [2.45, 2.75) is 0 Å². The van der Waals surface area contributed by atoms with E-state index in [1.807, 2.05) is 36.4 Å². The number of rotatable bonds is 1. The Hall–Kier alpha value is -2.36. The molecule has 0 aliphatic heterocycles. The number of para-hydroxylation sites is 1. The van der Waals surface area contributed by atoms with Gasteiger partial charge in [0.25, 0.3) is 0 Å². The molecule has 2 N–H and O–H groups in total. The molecule has 16 heavy (non-hydrogen) atoms. The van der Waals surface area contributed by atoms with Crippen LogP contribution in [0.5, 0.6) is 0 Å². The number of nitrogen functional groups attached to an aromatic ring is 1. The van der Waals surface area contributed by atoms with Gasteiger partial charge in [0.2, 0.25) is 5.88 Å². The fourth-order valence-electron chi connectivity index (χ4n) is 1.62. The summed E-state index contributed by atoms with van der Waals surface area (Å²) in [5.74, 6) is 0.296. The van der Waals surface area contributed by atoms with Crippen molar-refractivity contribution in [2.24, 2.45) is 0 Å². The third kappa shape index (κ3) is 1.40. The Morgan fingerprint density at radius 1 is 1.00 bits per heavy atom. The van der Waals surface area contributed by atoms with Gasteiger partial charge in [0.1, 0.15) is 5.69 Å². The van der Waals surface area contributed by atoms with Crippen LogP contribution in [0.2, 0.25) is 0 Å². The molecule has 0 aliphatic carbocycles. The first kappa shape index (κ1) is 8.91. The first-order valence-electron chi connectivity index (χ1n) is 4.91. The van der Waals surface area contributed by atoms with Crippen LogP contribution >= 0.6 is 0 Å².